The quantitative estimate of drug-likeness (QED) is 0.704. The van der Waals surface area contributed by atoms with Crippen molar-refractivity contribution in [2.24, 2.45) is 0 Å². The molecule has 1 aromatic heterocycles. The van der Waals surface area contributed by atoms with Crippen LogP contribution in [0.25, 0.3) is 11.1 Å². The highest BCUT2D eigenvalue weighted by molar-refractivity contribution is 7.71. The van der Waals surface area contributed by atoms with Gasteiger partial charge in [-0.05, 0) is 11.6 Å². The van der Waals surface area contributed by atoms with Crippen molar-refractivity contribution in [3.8, 4) is 11.1 Å². The molecule has 70 valence electrons. The molecule has 0 bridgehead atoms. The van der Waals surface area contributed by atoms with Crippen LogP contribution < -0.4 is 0 Å². The molecule has 1 heterocycles. The second-order valence-corrected chi connectivity index (χ2v) is 3.31. The lowest BCUT2D eigenvalue weighted by Crippen LogP contribution is -1.87. The maximum Gasteiger partial charge on any atom is 0.165 e. The second kappa shape index (κ2) is 3.72. The molecule has 1 N–H and O–H groups in total. The molecule has 14 heavy (non-hydrogen) atoms. The van der Waals surface area contributed by atoms with Crippen LogP contribution in [0.1, 0.15) is 0 Å². The molecule has 0 saturated carbocycles. The molecule has 0 amide bonds. The summed E-state index contributed by atoms with van der Waals surface area (Å²) in [6.45, 7) is 0. The zero-order valence-electron chi connectivity index (χ0n) is 7.33. The van der Waals surface area contributed by atoms with Gasteiger partial charge in [0.25, 0.3) is 0 Å². The lowest BCUT2D eigenvalue weighted by molar-refractivity contribution is 0.620. The highest BCUT2D eigenvalue weighted by atomic mass is 32.1. The van der Waals surface area contributed by atoms with Crippen LogP contribution in [0.4, 0.5) is 4.39 Å². The van der Waals surface area contributed by atoms with Crippen molar-refractivity contribution < 1.29 is 4.39 Å². The highest BCUT2D eigenvalue weighted by Gasteiger charge is 2.04. The van der Waals surface area contributed by atoms with E-state index in [1.807, 2.05) is 30.3 Å². The summed E-state index contributed by atoms with van der Waals surface area (Å²) < 4.78 is 13.7. The van der Waals surface area contributed by atoms with Gasteiger partial charge in [0, 0.05) is 11.8 Å². The Hall–Kier alpha value is -1.48. The Bertz CT molecular complexity index is 490. The van der Waals surface area contributed by atoms with E-state index in [0.717, 1.165) is 5.56 Å². The van der Waals surface area contributed by atoms with Gasteiger partial charge in [-0.3, -0.25) is 0 Å². The summed E-state index contributed by atoms with van der Waals surface area (Å²) in [5.41, 5.74) is 1.37. The topological polar surface area (TPSA) is 15.8 Å². The lowest BCUT2D eigenvalue weighted by Gasteiger charge is -2.01. The van der Waals surface area contributed by atoms with Gasteiger partial charge in [0.05, 0.1) is 0 Å². The summed E-state index contributed by atoms with van der Waals surface area (Å²) in [5.74, 6) is -0.367. The number of hydrogen-bond donors (Lipinski definition) is 1. The molecule has 0 aliphatic rings. The Morgan fingerprint density at radius 1 is 1.07 bits per heavy atom. The van der Waals surface area contributed by atoms with Gasteiger partial charge in [0.1, 0.15) is 4.64 Å². The number of aromatic nitrogens is 1. The van der Waals surface area contributed by atoms with E-state index >= 15 is 0 Å². The van der Waals surface area contributed by atoms with Crippen molar-refractivity contribution in [3.63, 3.8) is 0 Å². The SMILES string of the molecule is Fc1c(-c2ccccc2)cc[nH]c1=S. The molecule has 0 fully saturated rings. The highest BCUT2D eigenvalue weighted by Crippen LogP contribution is 2.21. The molecule has 2 aromatic rings. The number of nitrogens with one attached hydrogen (secondary N) is 1. The Morgan fingerprint density at radius 3 is 2.50 bits per heavy atom. The molecular weight excluding hydrogens is 197 g/mol. The van der Waals surface area contributed by atoms with Crippen molar-refractivity contribution in [1.29, 1.82) is 0 Å². The second-order valence-electron chi connectivity index (χ2n) is 2.90. The Labute approximate surface area is 86.2 Å². The number of pyridine rings is 1. The van der Waals surface area contributed by atoms with E-state index < -0.39 is 0 Å². The van der Waals surface area contributed by atoms with E-state index in [4.69, 9.17) is 12.2 Å². The fraction of sp³-hybridized carbons (Fsp3) is 0. The van der Waals surface area contributed by atoms with Crippen molar-refractivity contribution >= 4 is 12.2 Å². The van der Waals surface area contributed by atoms with Crippen LogP contribution in [0.3, 0.4) is 0 Å². The first-order valence-electron chi connectivity index (χ1n) is 4.21. The van der Waals surface area contributed by atoms with Crippen LogP contribution in [0.15, 0.2) is 42.6 Å². The molecule has 0 spiro atoms. The third kappa shape index (κ3) is 1.59. The smallest absolute Gasteiger partial charge is 0.165 e. The van der Waals surface area contributed by atoms with E-state index in [9.17, 15) is 4.39 Å². The van der Waals surface area contributed by atoms with Crippen molar-refractivity contribution in [2.75, 3.05) is 0 Å². The van der Waals surface area contributed by atoms with E-state index in [0.29, 0.717) is 5.56 Å². The van der Waals surface area contributed by atoms with E-state index in [-0.39, 0.29) is 10.5 Å². The van der Waals surface area contributed by atoms with Crippen molar-refractivity contribution in [2.45, 2.75) is 0 Å². The fourth-order valence-electron chi connectivity index (χ4n) is 1.30. The van der Waals surface area contributed by atoms with Crippen LogP contribution in [0.5, 0.6) is 0 Å². The van der Waals surface area contributed by atoms with Gasteiger partial charge >= 0.3 is 0 Å². The molecule has 0 saturated heterocycles. The maximum atomic E-state index is 13.6. The summed E-state index contributed by atoms with van der Waals surface area (Å²) in [4.78, 5) is 2.65. The number of aromatic amines is 1. The molecule has 1 nitrogen and oxygen atoms in total. The molecule has 2 rings (SSSR count). The first-order chi connectivity index (χ1) is 6.79. The van der Waals surface area contributed by atoms with Gasteiger partial charge in [0.2, 0.25) is 0 Å². The Kier molecular flexibility index (Phi) is 2.41. The molecule has 0 radical (unpaired) electrons. The first kappa shape index (κ1) is 9.09. The third-order valence-electron chi connectivity index (χ3n) is 1.99. The van der Waals surface area contributed by atoms with Gasteiger partial charge in [0.15, 0.2) is 5.82 Å². The van der Waals surface area contributed by atoms with Crippen molar-refractivity contribution in [1.82, 2.24) is 4.98 Å². The molecule has 0 aliphatic heterocycles. The monoisotopic (exact) mass is 205 g/mol. The largest absolute Gasteiger partial charge is 0.350 e. The summed E-state index contributed by atoms with van der Waals surface area (Å²) >= 11 is 4.81. The third-order valence-corrected chi connectivity index (χ3v) is 2.28. The minimum atomic E-state index is -0.367. The van der Waals surface area contributed by atoms with E-state index in [1.54, 1.807) is 12.3 Å². The zero-order chi connectivity index (χ0) is 9.97. The van der Waals surface area contributed by atoms with Crippen LogP contribution in [-0.2, 0) is 0 Å². The first-order valence-corrected chi connectivity index (χ1v) is 4.62. The average Bonchev–Trinajstić information content (AvgIpc) is 2.23. The number of H-pyrrole nitrogens is 1. The molecular formula is C11H8FNS. The van der Waals surface area contributed by atoms with E-state index in [1.165, 1.54) is 0 Å². The normalized spacial score (nSPS) is 10.1. The summed E-state index contributed by atoms with van der Waals surface area (Å²) in [6.07, 6.45) is 1.65. The van der Waals surface area contributed by atoms with Gasteiger partial charge in [-0.2, -0.15) is 0 Å². The Morgan fingerprint density at radius 2 is 1.79 bits per heavy atom. The van der Waals surface area contributed by atoms with Crippen LogP contribution >= 0.6 is 12.2 Å². The molecule has 1 aromatic carbocycles. The van der Waals surface area contributed by atoms with Gasteiger partial charge in [-0.25, -0.2) is 4.39 Å². The lowest BCUT2D eigenvalue weighted by atomic mass is 10.1. The predicted octanol–water partition coefficient (Wildman–Crippen LogP) is 3.55. The van der Waals surface area contributed by atoms with E-state index in [2.05, 4.69) is 4.98 Å². The fourth-order valence-corrected chi connectivity index (χ4v) is 1.48. The van der Waals surface area contributed by atoms with Crippen LogP contribution in [0, 0.1) is 10.5 Å². The van der Waals surface area contributed by atoms with Gasteiger partial charge < -0.3 is 4.98 Å². The standard InChI is InChI=1S/C11H8FNS/c12-10-9(6-7-13-11(10)14)8-4-2-1-3-5-8/h1-7H,(H,13,14). The van der Waals surface area contributed by atoms with Gasteiger partial charge in [-0.15, -0.1) is 0 Å². The molecule has 0 atom stereocenters. The summed E-state index contributed by atoms with van der Waals surface area (Å²) in [6, 6.07) is 11.0. The average molecular weight is 205 g/mol. The number of rotatable bonds is 1. The Balaban J connectivity index is 2.64. The molecule has 3 heteroatoms. The minimum Gasteiger partial charge on any atom is -0.350 e. The number of hydrogen-bond acceptors (Lipinski definition) is 1. The molecule has 0 unspecified atom stereocenters. The number of halogens is 1. The summed E-state index contributed by atoms with van der Waals surface area (Å²) in [7, 11) is 0. The zero-order valence-corrected chi connectivity index (χ0v) is 8.14. The van der Waals surface area contributed by atoms with Crippen molar-refractivity contribution in [3.05, 3.63) is 53.1 Å². The van der Waals surface area contributed by atoms with Crippen LogP contribution in [0.2, 0.25) is 0 Å². The maximum absolute atomic E-state index is 13.6. The molecule has 0 aliphatic carbocycles. The number of benzene rings is 1. The van der Waals surface area contributed by atoms with Gasteiger partial charge in [-0.1, -0.05) is 42.5 Å². The minimum absolute atomic E-state index is 0.145. The predicted molar refractivity (Wildman–Crippen MR) is 57.0 cm³/mol. The van der Waals surface area contributed by atoms with Crippen LogP contribution in [-0.4, -0.2) is 4.98 Å². The summed E-state index contributed by atoms with van der Waals surface area (Å²) in [5, 5.41) is 0.